The number of amides is 1. The Bertz CT molecular complexity index is 708. The van der Waals surface area contributed by atoms with Gasteiger partial charge in [-0.2, -0.15) is 0 Å². The van der Waals surface area contributed by atoms with E-state index in [0.717, 1.165) is 0 Å². The predicted octanol–water partition coefficient (Wildman–Crippen LogP) is 4.20. The molecule has 0 fully saturated rings. The third-order valence-electron chi connectivity index (χ3n) is 4.21. The molecule has 2 atom stereocenters. The third kappa shape index (κ3) is 5.26. The van der Waals surface area contributed by atoms with Crippen molar-refractivity contribution < 1.29 is 9.59 Å². The van der Waals surface area contributed by atoms with Crippen LogP contribution in [0, 0.1) is 5.92 Å². The SMILES string of the molecule is CC(=O)c1ccc(NC(=O)[C@H](C)N[C@H](c2ccccc2)C(C)C)cc1. The molecule has 1 amide bonds. The second kappa shape index (κ2) is 8.58. The molecular weight excluding hydrogens is 312 g/mol. The van der Waals surface area contributed by atoms with Crippen LogP contribution in [-0.2, 0) is 4.79 Å². The number of carbonyl (C=O) groups excluding carboxylic acids is 2. The highest BCUT2D eigenvalue weighted by Crippen LogP contribution is 2.22. The molecule has 0 saturated carbocycles. The molecule has 2 N–H and O–H groups in total. The minimum Gasteiger partial charge on any atom is -0.325 e. The Balaban J connectivity index is 2.02. The van der Waals surface area contributed by atoms with Crippen LogP contribution in [0.1, 0.15) is 49.7 Å². The van der Waals surface area contributed by atoms with E-state index in [-0.39, 0.29) is 23.8 Å². The van der Waals surface area contributed by atoms with Crippen LogP contribution < -0.4 is 10.6 Å². The van der Waals surface area contributed by atoms with E-state index < -0.39 is 0 Å². The highest BCUT2D eigenvalue weighted by molar-refractivity contribution is 5.97. The van der Waals surface area contributed by atoms with Gasteiger partial charge in [0.2, 0.25) is 5.91 Å². The molecule has 4 heteroatoms. The molecule has 4 nitrogen and oxygen atoms in total. The lowest BCUT2D eigenvalue weighted by molar-refractivity contribution is -0.118. The number of Topliss-reactive ketones (excluding diaryl/α,β-unsaturated/α-hetero) is 1. The first-order valence-electron chi connectivity index (χ1n) is 8.61. The number of ketones is 1. The van der Waals surface area contributed by atoms with Crippen molar-refractivity contribution in [3.05, 3.63) is 65.7 Å². The monoisotopic (exact) mass is 338 g/mol. The van der Waals surface area contributed by atoms with Gasteiger partial charge in [-0.25, -0.2) is 0 Å². The maximum absolute atomic E-state index is 12.5. The normalized spacial score (nSPS) is 13.3. The zero-order valence-electron chi connectivity index (χ0n) is 15.2. The van der Waals surface area contributed by atoms with Crippen molar-refractivity contribution in [1.82, 2.24) is 5.32 Å². The maximum atomic E-state index is 12.5. The van der Waals surface area contributed by atoms with Gasteiger partial charge in [0.05, 0.1) is 6.04 Å². The molecule has 0 aliphatic rings. The standard InChI is InChI=1S/C21H26N2O2/c1-14(2)20(18-8-6-5-7-9-18)22-15(3)21(25)23-19-12-10-17(11-13-19)16(4)24/h5-15,20,22H,1-4H3,(H,23,25)/t15-,20-/m0/s1. The van der Waals surface area contributed by atoms with E-state index in [4.69, 9.17) is 0 Å². The van der Waals surface area contributed by atoms with Crippen molar-refractivity contribution in [2.45, 2.75) is 39.8 Å². The molecule has 0 aliphatic carbocycles. The predicted molar refractivity (Wildman–Crippen MR) is 102 cm³/mol. The lowest BCUT2D eigenvalue weighted by Crippen LogP contribution is -2.41. The summed E-state index contributed by atoms with van der Waals surface area (Å²) in [5.41, 5.74) is 2.49. The Hall–Kier alpha value is -2.46. The molecule has 2 aromatic carbocycles. The molecule has 132 valence electrons. The van der Waals surface area contributed by atoms with Gasteiger partial charge in [0.15, 0.2) is 5.78 Å². The summed E-state index contributed by atoms with van der Waals surface area (Å²) in [5, 5.41) is 6.31. The minimum atomic E-state index is -0.347. The van der Waals surface area contributed by atoms with Gasteiger partial charge < -0.3 is 5.32 Å². The van der Waals surface area contributed by atoms with Crippen molar-refractivity contribution in [2.75, 3.05) is 5.32 Å². The number of benzene rings is 2. The van der Waals surface area contributed by atoms with Crippen molar-refractivity contribution in [3.8, 4) is 0 Å². The van der Waals surface area contributed by atoms with Crippen LogP contribution in [0.4, 0.5) is 5.69 Å². The number of hydrogen-bond donors (Lipinski definition) is 2. The van der Waals surface area contributed by atoms with Crippen molar-refractivity contribution in [1.29, 1.82) is 0 Å². The molecule has 0 aromatic heterocycles. The van der Waals surface area contributed by atoms with Gasteiger partial charge in [0.25, 0.3) is 0 Å². The van der Waals surface area contributed by atoms with Crippen LogP contribution in [0.2, 0.25) is 0 Å². The van der Waals surface area contributed by atoms with E-state index in [1.165, 1.54) is 12.5 Å². The minimum absolute atomic E-state index is 0.00977. The zero-order valence-corrected chi connectivity index (χ0v) is 15.2. The fraction of sp³-hybridized carbons (Fsp3) is 0.333. The van der Waals surface area contributed by atoms with E-state index in [2.05, 4.69) is 36.6 Å². The van der Waals surface area contributed by atoms with Crippen LogP contribution in [0.3, 0.4) is 0 Å². The van der Waals surface area contributed by atoms with Crippen molar-refractivity contribution >= 4 is 17.4 Å². The van der Waals surface area contributed by atoms with E-state index in [1.807, 2.05) is 25.1 Å². The van der Waals surface area contributed by atoms with Gasteiger partial charge in [-0.3, -0.25) is 14.9 Å². The van der Waals surface area contributed by atoms with Crippen LogP contribution in [0.25, 0.3) is 0 Å². The third-order valence-corrected chi connectivity index (χ3v) is 4.21. The molecule has 2 rings (SSSR count). The number of hydrogen-bond acceptors (Lipinski definition) is 3. The summed E-state index contributed by atoms with van der Waals surface area (Å²) in [6.07, 6.45) is 0. The number of rotatable bonds is 7. The Morgan fingerprint density at radius 3 is 2.00 bits per heavy atom. The quantitative estimate of drug-likeness (QED) is 0.744. The molecule has 0 unspecified atom stereocenters. The number of carbonyl (C=O) groups is 2. The van der Waals surface area contributed by atoms with E-state index in [1.54, 1.807) is 24.3 Å². The molecule has 0 bridgehead atoms. The smallest absolute Gasteiger partial charge is 0.241 e. The zero-order chi connectivity index (χ0) is 18.4. The molecular formula is C21H26N2O2. The molecule has 0 aliphatic heterocycles. The molecule has 0 spiro atoms. The van der Waals surface area contributed by atoms with Gasteiger partial charge in [0, 0.05) is 17.3 Å². The first kappa shape index (κ1) is 18.9. The summed E-state index contributed by atoms with van der Waals surface area (Å²) < 4.78 is 0. The molecule has 25 heavy (non-hydrogen) atoms. The summed E-state index contributed by atoms with van der Waals surface area (Å²) in [5.74, 6) is 0.264. The second-order valence-electron chi connectivity index (χ2n) is 6.64. The fourth-order valence-electron chi connectivity index (χ4n) is 2.72. The number of anilines is 1. The molecule has 0 radical (unpaired) electrons. The topological polar surface area (TPSA) is 58.2 Å². The van der Waals surface area contributed by atoms with Crippen LogP contribution in [0.15, 0.2) is 54.6 Å². The highest BCUT2D eigenvalue weighted by atomic mass is 16.2. The summed E-state index contributed by atoms with van der Waals surface area (Å²) in [6, 6.07) is 16.8. The average Bonchev–Trinajstić information content (AvgIpc) is 2.60. The Labute approximate surface area is 149 Å². The van der Waals surface area contributed by atoms with Gasteiger partial charge in [-0.15, -0.1) is 0 Å². The molecule has 2 aromatic rings. The lowest BCUT2D eigenvalue weighted by Gasteiger charge is -2.26. The van der Waals surface area contributed by atoms with Gasteiger partial charge in [-0.05, 0) is 49.6 Å². The first-order chi connectivity index (χ1) is 11.9. The highest BCUT2D eigenvalue weighted by Gasteiger charge is 2.21. The largest absolute Gasteiger partial charge is 0.325 e. The second-order valence-corrected chi connectivity index (χ2v) is 6.64. The summed E-state index contributed by atoms with van der Waals surface area (Å²) in [4.78, 5) is 23.8. The average molecular weight is 338 g/mol. The lowest BCUT2D eigenvalue weighted by atomic mass is 9.95. The van der Waals surface area contributed by atoms with E-state index in [0.29, 0.717) is 17.2 Å². The summed E-state index contributed by atoms with van der Waals surface area (Å²) >= 11 is 0. The summed E-state index contributed by atoms with van der Waals surface area (Å²) in [6.45, 7) is 7.65. The maximum Gasteiger partial charge on any atom is 0.241 e. The van der Waals surface area contributed by atoms with Crippen LogP contribution in [0.5, 0.6) is 0 Å². The van der Waals surface area contributed by atoms with Crippen LogP contribution >= 0.6 is 0 Å². The van der Waals surface area contributed by atoms with Gasteiger partial charge >= 0.3 is 0 Å². The van der Waals surface area contributed by atoms with Crippen molar-refractivity contribution in [2.24, 2.45) is 5.92 Å². The number of nitrogens with one attached hydrogen (secondary N) is 2. The fourth-order valence-corrected chi connectivity index (χ4v) is 2.72. The van der Waals surface area contributed by atoms with Gasteiger partial charge in [0.1, 0.15) is 0 Å². The Kier molecular flexibility index (Phi) is 6.48. The van der Waals surface area contributed by atoms with Crippen LogP contribution in [-0.4, -0.2) is 17.7 Å². The first-order valence-corrected chi connectivity index (χ1v) is 8.61. The Morgan fingerprint density at radius 1 is 0.880 bits per heavy atom. The molecule has 0 heterocycles. The Morgan fingerprint density at radius 2 is 1.48 bits per heavy atom. The van der Waals surface area contributed by atoms with E-state index >= 15 is 0 Å². The molecule has 0 saturated heterocycles. The summed E-state index contributed by atoms with van der Waals surface area (Å²) in [7, 11) is 0. The van der Waals surface area contributed by atoms with Gasteiger partial charge in [-0.1, -0.05) is 44.2 Å². The van der Waals surface area contributed by atoms with Crippen molar-refractivity contribution in [3.63, 3.8) is 0 Å². The van der Waals surface area contributed by atoms with E-state index in [9.17, 15) is 9.59 Å².